The smallest absolute Gasteiger partial charge is 0.254 e. The van der Waals surface area contributed by atoms with Gasteiger partial charge in [0.05, 0.1) is 4.90 Å². The van der Waals surface area contributed by atoms with Crippen molar-refractivity contribution in [3.63, 3.8) is 0 Å². The van der Waals surface area contributed by atoms with E-state index in [1.165, 1.54) is 6.07 Å². The van der Waals surface area contributed by atoms with Crippen molar-refractivity contribution in [2.24, 2.45) is 0 Å². The molecule has 0 aromatic heterocycles. The Morgan fingerprint density at radius 3 is 2.16 bits per heavy atom. The number of rotatable bonds is 4. The third kappa shape index (κ3) is 5.05. The van der Waals surface area contributed by atoms with Crippen LogP contribution in [0.1, 0.15) is 36.0 Å². The van der Waals surface area contributed by atoms with E-state index in [9.17, 15) is 13.2 Å². The molecule has 0 spiro atoms. The van der Waals surface area contributed by atoms with E-state index in [1.807, 2.05) is 24.3 Å². The van der Waals surface area contributed by atoms with E-state index in [1.54, 1.807) is 27.4 Å². The minimum Gasteiger partial charge on any atom is -0.368 e. The van der Waals surface area contributed by atoms with Crippen LogP contribution in [0, 0.1) is 0 Å². The van der Waals surface area contributed by atoms with Gasteiger partial charge < -0.3 is 9.80 Å². The summed E-state index contributed by atoms with van der Waals surface area (Å²) in [5.41, 5.74) is 1.47. The average Bonchev–Trinajstić information content (AvgIpc) is 3.09. The van der Waals surface area contributed by atoms with Gasteiger partial charge in [0, 0.05) is 55.5 Å². The van der Waals surface area contributed by atoms with Crippen LogP contribution in [0.4, 0.5) is 5.69 Å². The molecule has 0 N–H and O–H groups in total. The Kier molecular flexibility index (Phi) is 6.84. The molecule has 2 aliphatic rings. The van der Waals surface area contributed by atoms with Crippen LogP contribution in [0.5, 0.6) is 0 Å². The van der Waals surface area contributed by atoms with Gasteiger partial charge in [-0.15, -0.1) is 0 Å². The van der Waals surface area contributed by atoms with Gasteiger partial charge in [-0.25, -0.2) is 8.42 Å². The van der Waals surface area contributed by atoms with Gasteiger partial charge in [-0.3, -0.25) is 4.79 Å². The fourth-order valence-electron chi connectivity index (χ4n) is 4.24. The van der Waals surface area contributed by atoms with E-state index in [-0.39, 0.29) is 10.8 Å². The van der Waals surface area contributed by atoms with E-state index in [0.717, 1.165) is 31.4 Å². The number of anilines is 1. The van der Waals surface area contributed by atoms with Crippen LogP contribution < -0.4 is 4.90 Å². The highest BCUT2D eigenvalue weighted by molar-refractivity contribution is 7.89. The monoisotopic (exact) mass is 461 g/mol. The molecule has 0 aliphatic carbocycles. The zero-order valence-electron chi connectivity index (χ0n) is 17.5. The van der Waals surface area contributed by atoms with E-state index >= 15 is 0 Å². The lowest BCUT2D eigenvalue weighted by molar-refractivity contribution is 0.0746. The molecule has 2 aromatic rings. The number of amides is 1. The average molecular weight is 462 g/mol. The Morgan fingerprint density at radius 1 is 0.806 bits per heavy atom. The number of benzene rings is 2. The van der Waals surface area contributed by atoms with Gasteiger partial charge in [-0.1, -0.05) is 36.6 Å². The van der Waals surface area contributed by atoms with Crippen molar-refractivity contribution in [3.05, 3.63) is 59.1 Å². The molecule has 0 unspecified atom stereocenters. The summed E-state index contributed by atoms with van der Waals surface area (Å²) in [4.78, 5) is 17.3. The Bertz CT molecular complexity index is 1030. The molecule has 2 fully saturated rings. The molecule has 2 saturated heterocycles. The minimum atomic E-state index is -3.58. The van der Waals surface area contributed by atoms with Crippen molar-refractivity contribution in [1.29, 1.82) is 0 Å². The molecule has 2 aromatic carbocycles. The Balaban J connectivity index is 1.45. The lowest BCUT2D eigenvalue weighted by atomic mass is 10.1. The van der Waals surface area contributed by atoms with Crippen LogP contribution in [-0.2, 0) is 10.0 Å². The SMILES string of the molecule is O=C(c1cccc(S(=O)(=O)N2CCCCCC2)c1)N1CCN(c2cccc(Cl)c2)CC1. The molecule has 1 amide bonds. The van der Waals surface area contributed by atoms with Gasteiger partial charge in [0.1, 0.15) is 0 Å². The van der Waals surface area contributed by atoms with Crippen molar-refractivity contribution in [1.82, 2.24) is 9.21 Å². The quantitative estimate of drug-likeness (QED) is 0.693. The molecule has 166 valence electrons. The molecule has 8 heteroatoms. The summed E-state index contributed by atoms with van der Waals surface area (Å²) in [7, 11) is -3.58. The Hall–Kier alpha value is -2.09. The number of hydrogen-bond acceptors (Lipinski definition) is 4. The third-order valence-corrected chi connectivity index (χ3v) is 8.15. The number of halogens is 1. The van der Waals surface area contributed by atoms with Crippen LogP contribution in [0.3, 0.4) is 0 Å². The predicted molar refractivity (Wildman–Crippen MR) is 123 cm³/mol. The molecule has 0 saturated carbocycles. The van der Waals surface area contributed by atoms with Gasteiger partial charge in [0.2, 0.25) is 10.0 Å². The van der Waals surface area contributed by atoms with Gasteiger partial charge >= 0.3 is 0 Å². The summed E-state index contributed by atoms with van der Waals surface area (Å²) in [6.45, 7) is 3.66. The van der Waals surface area contributed by atoms with Crippen molar-refractivity contribution in [3.8, 4) is 0 Å². The lowest BCUT2D eigenvalue weighted by Gasteiger charge is -2.36. The highest BCUT2D eigenvalue weighted by Crippen LogP contribution is 2.23. The molecular formula is C23H28ClN3O3S. The van der Waals surface area contributed by atoms with Gasteiger partial charge in [-0.2, -0.15) is 4.31 Å². The lowest BCUT2D eigenvalue weighted by Crippen LogP contribution is -2.48. The number of nitrogens with zero attached hydrogens (tertiary/aromatic N) is 3. The molecule has 2 heterocycles. The highest BCUT2D eigenvalue weighted by Gasteiger charge is 2.27. The number of sulfonamides is 1. The van der Waals surface area contributed by atoms with E-state index in [2.05, 4.69) is 4.90 Å². The second-order valence-electron chi connectivity index (χ2n) is 8.11. The molecule has 0 radical (unpaired) electrons. The van der Waals surface area contributed by atoms with Crippen LogP contribution in [0.2, 0.25) is 5.02 Å². The van der Waals surface area contributed by atoms with Gasteiger partial charge in [-0.05, 0) is 49.2 Å². The summed E-state index contributed by atoms with van der Waals surface area (Å²) in [6, 6.07) is 14.2. The van der Waals surface area contributed by atoms with Crippen molar-refractivity contribution < 1.29 is 13.2 Å². The maximum Gasteiger partial charge on any atom is 0.254 e. The molecule has 6 nitrogen and oxygen atoms in total. The largest absolute Gasteiger partial charge is 0.368 e. The summed E-state index contributed by atoms with van der Waals surface area (Å²) < 4.78 is 27.8. The van der Waals surface area contributed by atoms with Crippen molar-refractivity contribution >= 4 is 33.2 Å². The predicted octanol–water partition coefficient (Wildman–Crippen LogP) is 3.87. The first-order valence-electron chi connectivity index (χ1n) is 10.9. The van der Waals surface area contributed by atoms with Crippen molar-refractivity contribution in [2.75, 3.05) is 44.2 Å². The molecule has 0 bridgehead atoms. The highest BCUT2D eigenvalue weighted by atomic mass is 35.5. The fraction of sp³-hybridized carbons (Fsp3) is 0.435. The van der Waals surface area contributed by atoms with Crippen molar-refractivity contribution in [2.45, 2.75) is 30.6 Å². The zero-order valence-corrected chi connectivity index (χ0v) is 19.1. The summed E-state index contributed by atoms with van der Waals surface area (Å²) in [6.07, 6.45) is 3.89. The van der Waals surface area contributed by atoms with E-state index in [4.69, 9.17) is 11.6 Å². The molecule has 31 heavy (non-hydrogen) atoms. The number of piperazine rings is 1. The Morgan fingerprint density at radius 2 is 1.48 bits per heavy atom. The maximum atomic E-state index is 13.1. The topological polar surface area (TPSA) is 60.9 Å². The summed E-state index contributed by atoms with van der Waals surface area (Å²) in [5.74, 6) is -0.126. The Labute approximate surface area is 189 Å². The van der Waals surface area contributed by atoms with Crippen LogP contribution in [0.25, 0.3) is 0 Å². The first-order chi connectivity index (χ1) is 14.9. The van der Waals surface area contributed by atoms with E-state index < -0.39 is 10.0 Å². The second-order valence-corrected chi connectivity index (χ2v) is 10.5. The first-order valence-corrected chi connectivity index (χ1v) is 12.7. The normalized spacial score (nSPS) is 18.6. The summed E-state index contributed by atoms with van der Waals surface area (Å²) >= 11 is 6.10. The van der Waals surface area contributed by atoms with Gasteiger partial charge in [0.15, 0.2) is 0 Å². The van der Waals surface area contributed by atoms with Gasteiger partial charge in [0.25, 0.3) is 5.91 Å². The molecule has 2 aliphatic heterocycles. The second kappa shape index (κ2) is 9.59. The molecular weight excluding hydrogens is 434 g/mol. The minimum absolute atomic E-state index is 0.126. The first kappa shape index (κ1) is 22.1. The standard InChI is InChI=1S/C23H28ClN3O3S/c24-20-8-6-9-21(18-20)25-13-15-26(16-14-25)23(28)19-7-5-10-22(17-19)31(29,30)27-11-3-1-2-4-12-27/h5-10,17-18H,1-4,11-16H2. The number of carbonyl (C=O) groups excluding carboxylic acids is 1. The summed E-state index contributed by atoms with van der Waals surface area (Å²) in [5, 5.41) is 0.693. The maximum absolute atomic E-state index is 13.1. The van der Waals surface area contributed by atoms with E-state index in [0.29, 0.717) is 49.9 Å². The number of hydrogen-bond donors (Lipinski definition) is 0. The van der Waals surface area contributed by atoms with Crippen LogP contribution in [-0.4, -0.2) is 62.8 Å². The zero-order chi connectivity index (χ0) is 21.8. The van der Waals surface area contributed by atoms with Crippen LogP contribution in [0.15, 0.2) is 53.4 Å². The molecule has 4 rings (SSSR count). The fourth-order valence-corrected chi connectivity index (χ4v) is 5.99. The third-order valence-electron chi connectivity index (χ3n) is 6.02. The molecule has 0 atom stereocenters. The number of carbonyl (C=O) groups is 1. The van der Waals surface area contributed by atoms with Crippen LogP contribution >= 0.6 is 11.6 Å².